The number of halogens is 3. The zero-order valence-electron chi connectivity index (χ0n) is 8.34. The predicted octanol–water partition coefficient (Wildman–Crippen LogP) is 4.40. The molecule has 2 aromatic rings. The number of amides is 1. The molecule has 88 valence electrons. The Kier molecular flexibility index (Phi) is 4.01. The van der Waals surface area contributed by atoms with E-state index in [4.69, 9.17) is 11.6 Å². The molecule has 0 fully saturated rings. The van der Waals surface area contributed by atoms with Crippen molar-refractivity contribution in [2.24, 2.45) is 0 Å². The van der Waals surface area contributed by atoms with E-state index in [2.05, 4.69) is 27.9 Å². The van der Waals surface area contributed by atoms with E-state index in [1.807, 2.05) is 0 Å². The molecule has 0 atom stereocenters. The molecule has 1 amide bonds. The molecule has 0 radical (unpaired) electrons. The molecule has 17 heavy (non-hydrogen) atoms. The molecule has 0 saturated heterocycles. The predicted molar refractivity (Wildman–Crippen MR) is 76.4 cm³/mol. The van der Waals surface area contributed by atoms with E-state index >= 15 is 0 Å². The van der Waals surface area contributed by atoms with Gasteiger partial charge in [0.2, 0.25) is 0 Å². The van der Waals surface area contributed by atoms with Crippen LogP contribution in [0.5, 0.6) is 0 Å². The summed E-state index contributed by atoms with van der Waals surface area (Å²) in [7, 11) is 0. The van der Waals surface area contributed by atoms with Crippen molar-refractivity contribution in [3.8, 4) is 0 Å². The fourth-order valence-corrected chi connectivity index (χ4v) is 2.73. The Balaban J connectivity index is 2.21. The smallest absolute Gasteiger partial charge is 0.256 e. The number of benzene rings is 1. The largest absolute Gasteiger partial charge is 0.319 e. The van der Waals surface area contributed by atoms with E-state index in [1.54, 1.807) is 17.5 Å². The Labute approximate surface area is 120 Å². The van der Waals surface area contributed by atoms with Gasteiger partial charge in [-0.3, -0.25) is 4.79 Å². The molecule has 0 bridgehead atoms. The van der Waals surface area contributed by atoms with Crippen molar-refractivity contribution in [2.75, 3.05) is 5.32 Å². The van der Waals surface area contributed by atoms with Crippen LogP contribution < -0.4 is 5.32 Å². The summed E-state index contributed by atoms with van der Waals surface area (Å²) >= 11 is 9.20. The standard InChI is InChI=1S/C11H6ClFINOS/c12-7-2-1-3-8(10(7)13)15-11(16)6-4-9(14)17-5-6/h1-5H,(H,15,16). The highest BCUT2D eigenvalue weighted by Crippen LogP contribution is 2.23. The molecule has 1 aromatic heterocycles. The van der Waals surface area contributed by atoms with Crippen LogP contribution in [0.15, 0.2) is 29.6 Å². The van der Waals surface area contributed by atoms with Gasteiger partial charge in [-0.25, -0.2) is 4.39 Å². The fraction of sp³-hybridized carbons (Fsp3) is 0. The summed E-state index contributed by atoms with van der Waals surface area (Å²) in [6.45, 7) is 0. The van der Waals surface area contributed by atoms with Crippen molar-refractivity contribution in [3.05, 3.63) is 48.9 Å². The maximum Gasteiger partial charge on any atom is 0.256 e. The van der Waals surface area contributed by atoms with E-state index in [0.717, 1.165) is 2.88 Å². The second-order valence-electron chi connectivity index (χ2n) is 3.19. The molecule has 0 saturated carbocycles. The van der Waals surface area contributed by atoms with Gasteiger partial charge in [-0.15, -0.1) is 11.3 Å². The van der Waals surface area contributed by atoms with Crippen molar-refractivity contribution in [1.82, 2.24) is 0 Å². The summed E-state index contributed by atoms with van der Waals surface area (Å²) in [5, 5.41) is 4.20. The van der Waals surface area contributed by atoms with Crippen molar-refractivity contribution >= 4 is 57.1 Å². The molecule has 1 aromatic carbocycles. The maximum atomic E-state index is 13.5. The Morgan fingerprint density at radius 3 is 2.88 bits per heavy atom. The Morgan fingerprint density at radius 1 is 1.47 bits per heavy atom. The molecule has 1 heterocycles. The summed E-state index contributed by atoms with van der Waals surface area (Å²) < 4.78 is 14.5. The minimum absolute atomic E-state index is 0.0114. The summed E-state index contributed by atoms with van der Waals surface area (Å²) in [6, 6.07) is 6.22. The average Bonchev–Trinajstić information content (AvgIpc) is 2.72. The number of anilines is 1. The lowest BCUT2D eigenvalue weighted by atomic mass is 10.2. The number of carbonyl (C=O) groups excluding carboxylic acids is 1. The highest BCUT2D eigenvalue weighted by atomic mass is 127. The first-order chi connectivity index (χ1) is 8.08. The van der Waals surface area contributed by atoms with Crippen LogP contribution in [0.1, 0.15) is 10.4 Å². The number of rotatable bonds is 2. The SMILES string of the molecule is O=C(Nc1cccc(Cl)c1F)c1csc(I)c1. The molecular weight excluding hydrogens is 376 g/mol. The van der Waals surface area contributed by atoms with Gasteiger partial charge < -0.3 is 5.32 Å². The lowest BCUT2D eigenvalue weighted by molar-refractivity contribution is 0.102. The summed E-state index contributed by atoms with van der Waals surface area (Å²) in [6.07, 6.45) is 0. The third-order valence-corrected chi connectivity index (χ3v) is 4.11. The Morgan fingerprint density at radius 2 is 2.24 bits per heavy atom. The van der Waals surface area contributed by atoms with Gasteiger partial charge in [0.25, 0.3) is 5.91 Å². The monoisotopic (exact) mass is 381 g/mol. The van der Waals surface area contributed by atoms with Gasteiger partial charge in [-0.1, -0.05) is 17.7 Å². The lowest BCUT2D eigenvalue weighted by Gasteiger charge is -2.05. The third-order valence-electron chi connectivity index (χ3n) is 2.03. The van der Waals surface area contributed by atoms with Crippen molar-refractivity contribution in [2.45, 2.75) is 0 Å². The second-order valence-corrected chi connectivity index (χ2v) is 6.41. The van der Waals surface area contributed by atoms with Gasteiger partial charge in [0.05, 0.1) is 19.2 Å². The van der Waals surface area contributed by atoms with Crippen LogP contribution in [0.2, 0.25) is 5.02 Å². The molecule has 0 unspecified atom stereocenters. The average molecular weight is 382 g/mol. The number of carbonyl (C=O) groups is 1. The van der Waals surface area contributed by atoms with Crippen molar-refractivity contribution in [3.63, 3.8) is 0 Å². The van der Waals surface area contributed by atoms with Crippen LogP contribution in [0.4, 0.5) is 10.1 Å². The van der Waals surface area contributed by atoms with Crippen LogP contribution in [-0.2, 0) is 0 Å². The quantitative estimate of drug-likeness (QED) is 0.768. The molecule has 1 N–H and O–H groups in total. The van der Waals surface area contributed by atoms with Crippen molar-refractivity contribution < 1.29 is 9.18 Å². The van der Waals surface area contributed by atoms with E-state index in [0.29, 0.717) is 5.56 Å². The molecule has 0 aliphatic heterocycles. The van der Waals surface area contributed by atoms with Gasteiger partial charge in [0.15, 0.2) is 5.82 Å². The van der Waals surface area contributed by atoms with Gasteiger partial charge in [0, 0.05) is 5.38 Å². The molecule has 0 aliphatic rings. The minimum atomic E-state index is -0.618. The molecule has 2 nitrogen and oxygen atoms in total. The number of hydrogen-bond donors (Lipinski definition) is 1. The third kappa shape index (κ3) is 2.97. The van der Waals surface area contributed by atoms with Gasteiger partial charge in [-0.2, -0.15) is 0 Å². The second kappa shape index (κ2) is 5.32. The molecule has 0 aliphatic carbocycles. The lowest BCUT2D eigenvalue weighted by Crippen LogP contribution is -2.12. The minimum Gasteiger partial charge on any atom is -0.319 e. The topological polar surface area (TPSA) is 29.1 Å². The zero-order chi connectivity index (χ0) is 12.4. The van der Waals surface area contributed by atoms with Crippen LogP contribution in [0.3, 0.4) is 0 Å². The normalized spacial score (nSPS) is 10.3. The first-order valence-corrected chi connectivity index (χ1v) is 6.91. The first kappa shape index (κ1) is 12.8. The Bertz CT molecular complexity index is 572. The summed E-state index contributed by atoms with van der Waals surface area (Å²) in [4.78, 5) is 11.8. The van der Waals surface area contributed by atoms with Gasteiger partial charge >= 0.3 is 0 Å². The summed E-state index contributed by atoms with van der Waals surface area (Å²) in [5.74, 6) is -0.960. The van der Waals surface area contributed by atoms with E-state index < -0.39 is 5.82 Å². The maximum absolute atomic E-state index is 13.5. The fourth-order valence-electron chi connectivity index (χ4n) is 1.22. The van der Waals surface area contributed by atoms with E-state index in [1.165, 1.54) is 23.5 Å². The van der Waals surface area contributed by atoms with Crippen LogP contribution in [-0.4, -0.2) is 5.91 Å². The number of thiophene rings is 1. The molecule has 0 spiro atoms. The number of nitrogens with one attached hydrogen (secondary N) is 1. The van der Waals surface area contributed by atoms with Crippen LogP contribution in [0, 0.1) is 8.70 Å². The first-order valence-electron chi connectivity index (χ1n) is 4.57. The highest BCUT2D eigenvalue weighted by molar-refractivity contribution is 14.1. The Hall–Kier alpha value is -0.660. The number of hydrogen-bond acceptors (Lipinski definition) is 2. The van der Waals surface area contributed by atoms with Crippen LogP contribution >= 0.6 is 45.5 Å². The van der Waals surface area contributed by atoms with Gasteiger partial charge in [0.1, 0.15) is 0 Å². The van der Waals surface area contributed by atoms with E-state index in [-0.39, 0.29) is 16.6 Å². The molecular formula is C11H6ClFINOS. The highest BCUT2D eigenvalue weighted by Gasteiger charge is 2.12. The molecule has 2 rings (SSSR count). The van der Waals surface area contributed by atoms with E-state index in [9.17, 15) is 9.18 Å². The van der Waals surface area contributed by atoms with Crippen LogP contribution in [0.25, 0.3) is 0 Å². The van der Waals surface area contributed by atoms with Gasteiger partial charge in [-0.05, 0) is 40.8 Å². The van der Waals surface area contributed by atoms with Crippen molar-refractivity contribution in [1.29, 1.82) is 0 Å². The summed E-state index contributed by atoms with van der Waals surface area (Å²) in [5.41, 5.74) is 0.600. The zero-order valence-corrected chi connectivity index (χ0v) is 12.1. The molecule has 6 heteroatoms.